The molecule has 1 unspecified atom stereocenters. The fraction of sp³-hybridized carbons (Fsp3) is 0.462. The number of rotatable bonds is 4. The zero-order valence-corrected chi connectivity index (χ0v) is 12.1. The van der Waals surface area contributed by atoms with Crippen molar-refractivity contribution in [2.45, 2.75) is 19.4 Å². The molecule has 0 bridgehead atoms. The molecule has 1 aromatic rings. The summed E-state index contributed by atoms with van der Waals surface area (Å²) in [6.07, 6.45) is 0.896. The van der Waals surface area contributed by atoms with Crippen LogP contribution in [0.25, 0.3) is 0 Å². The number of thioether (sulfide) groups is 1. The van der Waals surface area contributed by atoms with Crippen LogP contribution in [-0.2, 0) is 11.2 Å². The van der Waals surface area contributed by atoms with Crippen molar-refractivity contribution in [1.82, 2.24) is 10.6 Å². The fourth-order valence-corrected chi connectivity index (χ4v) is 2.83. The van der Waals surface area contributed by atoms with Gasteiger partial charge in [0, 0.05) is 18.2 Å². The summed E-state index contributed by atoms with van der Waals surface area (Å²) in [5, 5.41) is 6.14. The number of amides is 1. The Morgan fingerprint density at radius 1 is 1.56 bits per heavy atom. The fourth-order valence-electron chi connectivity index (χ4n) is 1.88. The van der Waals surface area contributed by atoms with Crippen molar-refractivity contribution in [2.24, 2.45) is 0 Å². The molecule has 1 heterocycles. The molecule has 1 amide bonds. The molecule has 1 aliphatic rings. The second-order valence-electron chi connectivity index (χ2n) is 4.30. The molecule has 0 saturated carbocycles. The highest BCUT2D eigenvalue weighted by Gasteiger charge is 2.21. The van der Waals surface area contributed by atoms with E-state index in [9.17, 15) is 4.79 Å². The van der Waals surface area contributed by atoms with Crippen molar-refractivity contribution in [2.75, 3.05) is 18.2 Å². The van der Waals surface area contributed by atoms with Crippen molar-refractivity contribution in [3.63, 3.8) is 0 Å². The molecule has 18 heavy (non-hydrogen) atoms. The van der Waals surface area contributed by atoms with E-state index in [-0.39, 0.29) is 24.4 Å². The number of hydrogen-bond donors (Lipinski definition) is 2. The topological polar surface area (TPSA) is 41.1 Å². The summed E-state index contributed by atoms with van der Waals surface area (Å²) in [6, 6.07) is 8.40. The second-order valence-corrected chi connectivity index (χ2v) is 5.33. The van der Waals surface area contributed by atoms with E-state index < -0.39 is 0 Å². The third-order valence-electron chi connectivity index (χ3n) is 2.83. The first-order valence-corrected chi connectivity index (χ1v) is 7.05. The van der Waals surface area contributed by atoms with E-state index in [2.05, 4.69) is 41.8 Å². The number of aryl methyl sites for hydroxylation is 1. The summed E-state index contributed by atoms with van der Waals surface area (Å²) in [5.74, 6) is 1.90. The van der Waals surface area contributed by atoms with E-state index in [1.165, 1.54) is 11.1 Å². The van der Waals surface area contributed by atoms with Crippen LogP contribution in [0.1, 0.15) is 11.1 Å². The molecular formula is C13H19ClN2OS. The van der Waals surface area contributed by atoms with Gasteiger partial charge in [0.2, 0.25) is 5.91 Å². The molecule has 0 aliphatic carbocycles. The summed E-state index contributed by atoms with van der Waals surface area (Å²) in [7, 11) is 0. The van der Waals surface area contributed by atoms with Crippen LogP contribution >= 0.6 is 24.2 Å². The largest absolute Gasteiger partial charge is 0.354 e. The zero-order valence-electron chi connectivity index (χ0n) is 10.4. The second kappa shape index (κ2) is 7.67. The minimum absolute atomic E-state index is 0. The number of carbonyl (C=O) groups is 1. The number of carbonyl (C=O) groups excluding carboxylic acids is 1. The normalized spacial score (nSPS) is 18.2. The molecule has 1 aliphatic heterocycles. The molecule has 2 N–H and O–H groups in total. The SMILES string of the molecule is Cc1cccc(CCNC(=O)C2CSCN2)c1.Cl. The van der Waals surface area contributed by atoms with Gasteiger partial charge in [-0.2, -0.15) is 0 Å². The van der Waals surface area contributed by atoms with Gasteiger partial charge in [-0.05, 0) is 18.9 Å². The van der Waals surface area contributed by atoms with Crippen molar-refractivity contribution < 1.29 is 4.79 Å². The van der Waals surface area contributed by atoms with Crippen LogP contribution in [0, 0.1) is 6.92 Å². The molecule has 1 aromatic carbocycles. The number of nitrogens with one attached hydrogen (secondary N) is 2. The molecule has 2 rings (SSSR count). The maximum Gasteiger partial charge on any atom is 0.238 e. The van der Waals surface area contributed by atoms with E-state index >= 15 is 0 Å². The van der Waals surface area contributed by atoms with E-state index in [4.69, 9.17) is 0 Å². The van der Waals surface area contributed by atoms with Crippen molar-refractivity contribution in [3.8, 4) is 0 Å². The minimum Gasteiger partial charge on any atom is -0.354 e. The van der Waals surface area contributed by atoms with Gasteiger partial charge in [0.1, 0.15) is 0 Å². The Bertz CT molecular complexity index is 394. The van der Waals surface area contributed by atoms with Crippen molar-refractivity contribution in [3.05, 3.63) is 35.4 Å². The summed E-state index contributed by atoms with van der Waals surface area (Å²) in [4.78, 5) is 11.7. The average molecular weight is 287 g/mol. The summed E-state index contributed by atoms with van der Waals surface area (Å²) in [5.41, 5.74) is 2.54. The first kappa shape index (κ1) is 15.3. The summed E-state index contributed by atoms with van der Waals surface area (Å²) < 4.78 is 0. The monoisotopic (exact) mass is 286 g/mol. The van der Waals surface area contributed by atoms with Gasteiger partial charge >= 0.3 is 0 Å². The quantitative estimate of drug-likeness (QED) is 0.886. The number of halogens is 1. The zero-order chi connectivity index (χ0) is 12.1. The molecule has 1 fully saturated rings. The third kappa shape index (κ3) is 4.52. The lowest BCUT2D eigenvalue weighted by Crippen LogP contribution is -2.42. The Balaban J connectivity index is 0.00000162. The van der Waals surface area contributed by atoms with Gasteiger partial charge in [0.15, 0.2) is 0 Å². The van der Waals surface area contributed by atoms with Gasteiger partial charge in [-0.1, -0.05) is 29.8 Å². The van der Waals surface area contributed by atoms with E-state index in [1.54, 1.807) is 11.8 Å². The Hall–Kier alpha value is -0.710. The molecule has 5 heteroatoms. The van der Waals surface area contributed by atoms with E-state index in [1.807, 2.05) is 0 Å². The summed E-state index contributed by atoms with van der Waals surface area (Å²) in [6.45, 7) is 2.80. The highest BCUT2D eigenvalue weighted by molar-refractivity contribution is 7.99. The van der Waals surface area contributed by atoms with Gasteiger partial charge < -0.3 is 5.32 Å². The lowest BCUT2D eigenvalue weighted by Gasteiger charge is -2.10. The van der Waals surface area contributed by atoms with Crippen LogP contribution in [0.4, 0.5) is 0 Å². The van der Waals surface area contributed by atoms with Crippen LogP contribution in [0.5, 0.6) is 0 Å². The predicted octanol–water partition coefficient (Wildman–Crippen LogP) is 1.74. The Kier molecular flexibility index (Phi) is 6.54. The van der Waals surface area contributed by atoms with Crippen LogP contribution in [0.3, 0.4) is 0 Å². The van der Waals surface area contributed by atoms with Crippen LogP contribution < -0.4 is 10.6 Å². The smallest absolute Gasteiger partial charge is 0.238 e. The van der Waals surface area contributed by atoms with Gasteiger partial charge in [-0.15, -0.1) is 24.2 Å². The van der Waals surface area contributed by atoms with Gasteiger partial charge in [0.05, 0.1) is 6.04 Å². The molecule has 1 saturated heterocycles. The molecule has 0 radical (unpaired) electrons. The molecule has 0 aromatic heterocycles. The number of benzene rings is 1. The Morgan fingerprint density at radius 2 is 2.39 bits per heavy atom. The van der Waals surface area contributed by atoms with Crippen LogP contribution in [0.2, 0.25) is 0 Å². The molecule has 0 spiro atoms. The van der Waals surface area contributed by atoms with E-state index in [0.29, 0.717) is 6.54 Å². The van der Waals surface area contributed by atoms with Crippen LogP contribution in [0.15, 0.2) is 24.3 Å². The predicted molar refractivity (Wildman–Crippen MR) is 79.4 cm³/mol. The first-order chi connectivity index (χ1) is 8.25. The molecule has 100 valence electrons. The minimum atomic E-state index is -0.00231. The maximum absolute atomic E-state index is 11.7. The number of hydrogen-bond acceptors (Lipinski definition) is 3. The maximum atomic E-state index is 11.7. The van der Waals surface area contributed by atoms with Gasteiger partial charge in [-0.25, -0.2) is 0 Å². The first-order valence-electron chi connectivity index (χ1n) is 5.90. The van der Waals surface area contributed by atoms with Gasteiger partial charge in [0.25, 0.3) is 0 Å². The lowest BCUT2D eigenvalue weighted by atomic mass is 10.1. The lowest BCUT2D eigenvalue weighted by molar-refractivity contribution is -0.122. The Labute approximate surface area is 119 Å². The average Bonchev–Trinajstić information content (AvgIpc) is 2.82. The highest BCUT2D eigenvalue weighted by Crippen LogP contribution is 2.09. The van der Waals surface area contributed by atoms with Gasteiger partial charge in [-0.3, -0.25) is 10.1 Å². The third-order valence-corrected chi connectivity index (χ3v) is 3.77. The highest BCUT2D eigenvalue weighted by atomic mass is 35.5. The molecule has 1 atom stereocenters. The Morgan fingerprint density at radius 3 is 3.06 bits per heavy atom. The summed E-state index contributed by atoms with van der Waals surface area (Å²) >= 11 is 1.77. The van der Waals surface area contributed by atoms with E-state index in [0.717, 1.165) is 18.1 Å². The van der Waals surface area contributed by atoms with Crippen LogP contribution in [-0.4, -0.2) is 30.1 Å². The van der Waals surface area contributed by atoms with Crippen molar-refractivity contribution in [1.29, 1.82) is 0 Å². The molecular weight excluding hydrogens is 268 g/mol. The van der Waals surface area contributed by atoms with Crippen molar-refractivity contribution >= 4 is 30.1 Å². The standard InChI is InChI=1S/C13H18N2OS.ClH/c1-10-3-2-4-11(7-10)5-6-14-13(16)12-8-17-9-15-12;/h2-4,7,12,15H,5-6,8-9H2,1H3,(H,14,16);1H. The molecule has 3 nitrogen and oxygen atoms in total.